The molecule has 1 aliphatic carbocycles. The number of nitrogens with zero attached hydrogens (tertiary/aromatic N) is 1. The van der Waals surface area contributed by atoms with Crippen LogP contribution in [-0.4, -0.2) is 19.1 Å². The Hall–Kier alpha value is -0.730. The van der Waals surface area contributed by atoms with Crippen LogP contribution in [0.25, 0.3) is 0 Å². The Morgan fingerprint density at radius 3 is 2.29 bits per heavy atom. The summed E-state index contributed by atoms with van der Waals surface area (Å²) in [5.41, 5.74) is 2.56. The van der Waals surface area contributed by atoms with Crippen LogP contribution in [0.15, 0.2) is 18.2 Å². The monoisotopic (exact) mass is 308 g/mol. The summed E-state index contributed by atoms with van der Waals surface area (Å²) in [6, 6.07) is 7.02. The average Bonchev–Trinajstić information content (AvgIpc) is 3.18. The minimum absolute atomic E-state index is 0.629. The summed E-state index contributed by atoms with van der Waals surface area (Å²) in [6.45, 7) is 12.1. The molecule has 0 radical (unpaired) electrons. The van der Waals surface area contributed by atoms with E-state index >= 15 is 0 Å². The highest BCUT2D eigenvalue weighted by Gasteiger charge is 2.22. The molecule has 1 saturated carbocycles. The van der Waals surface area contributed by atoms with Gasteiger partial charge in [0.25, 0.3) is 0 Å². The minimum Gasteiger partial charge on any atom is -0.370 e. The number of hydrogen-bond donors (Lipinski definition) is 1. The topological polar surface area (TPSA) is 15.3 Å². The summed E-state index contributed by atoms with van der Waals surface area (Å²) in [4.78, 5) is 2.47. The number of hydrogen-bond acceptors (Lipinski definition) is 2. The normalized spacial score (nSPS) is 15.0. The molecule has 1 fully saturated rings. The third-order valence-corrected chi connectivity index (χ3v) is 4.02. The highest BCUT2D eigenvalue weighted by Crippen LogP contribution is 2.32. The number of para-hydroxylation sites is 1. The van der Waals surface area contributed by atoms with Gasteiger partial charge in [0, 0.05) is 25.7 Å². The van der Waals surface area contributed by atoms with E-state index in [1.54, 1.807) is 0 Å². The first-order chi connectivity index (χ1) is 9.97. The van der Waals surface area contributed by atoms with E-state index in [1.807, 2.05) is 6.07 Å². The predicted octanol–water partition coefficient (Wildman–Crippen LogP) is 4.71. The Morgan fingerprint density at radius 2 is 1.76 bits per heavy atom. The minimum atomic E-state index is 0.629. The van der Waals surface area contributed by atoms with Crippen molar-refractivity contribution in [1.29, 1.82) is 0 Å². The zero-order chi connectivity index (χ0) is 15.4. The van der Waals surface area contributed by atoms with Gasteiger partial charge >= 0.3 is 0 Å². The van der Waals surface area contributed by atoms with Gasteiger partial charge in [0.05, 0.1) is 10.7 Å². The zero-order valence-electron chi connectivity index (χ0n) is 13.8. The number of nitrogens with one attached hydrogen (secondary N) is 1. The number of rotatable bonds is 8. The second-order valence-corrected chi connectivity index (χ2v) is 7.50. The summed E-state index contributed by atoms with van der Waals surface area (Å²) in [5.74, 6) is 1.26. The quantitative estimate of drug-likeness (QED) is 0.748. The molecular weight excluding hydrogens is 280 g/mol. The van der Waals surface area contributed by atoms with E-state index in [2.05, 4.69) is 50.0 Å². The summed E-state index contributed by atoms with van der Waals surface area (Å²) >= 11 is 6.55. The molecule has 1 aromatic carbocycles. The lowest BCUT2D eigenvalue weighted by Crippen LogP contribution is -2.33. The van der Waals surface area contributed by atoms with Gasteiger partial charge < -0.3 is 10.2 Å². The molecule has 118 valence electrons. The number of anilines is 1. The molecule has 21 heavy (non-hydrogen) atoms. The first-order valence-corrected chi connectivity index (χ1v) is 8.61. The van der Waals surface area contributed by atoms with Crippen molar-refractivity contribution in [3.05, 3.63) is 28.8 Å². The Bertz CT molecular complexity index is 443. The molecule has 0 saturated heterocycles. The van der Waals surface area contributed by atoms with Crippen molar-refractivity contribution in [3.63, 3.8) is 0 Å². The van der Waals surface area contributed by atoms with Crippen molar-refractivity contribution in [2.75, 3.05) is 18.0 Å². The van der Waals surface area contributed by atoms with Gasteiger partial charge in [-0.1, -0.05) is 51.4 Å². The first-order valence-electron chi connectivity index (χ1n) is 8.23. The van der Waals surface area contributed by atoms with Gasteiger partial charge in [0.2, 0.25) is 0 Å². The average molecular weight is 309 g/mol. The van der Waals surface area contributed by atoms with Crippen LogP contribution >= 0.6 is 11.6 Å². The summed E-state index contributed by atoms with van der Waals surface area (Å²) in [5, 5.41) is 4.50. The second-order valence-electron chi connectivity index (χ2n) is 7.10. The molecule has 0 heterocycles. The first kappa shape index (κ1) is 16.6. The van der Waals surface area contributed by atoms with Crippen LogP contribution in [0.2, 0.25) is 5.02 Å². The van der Waals surface area contributed by atoms with Crippen LogP contribution in [0, 0.1) is 11.8 Å². The second kappa shape index (κ2) is 7.51. The fourth-order valence-corrected chi connectivity index (χ4v) is 3.05. The van der Waals surface area contributed by atoms with Crippen molar-refractivity contribution >= 4 is 17.3 Å². The number of benzene rings is 1. The highest BCUT2D eigenvalue weighted by molar-refractivity contribution is 6.33. The molecule has 0 aromatic heterocycles. The van der Waals surface area contributed by atoms with Crippen molar-refractivity contribution < 1.29 is 0 Å². The standard InChI is InChI=1S/C18H29ClN2/c1-13(2)11-21(12-14(3)4)18-15(6-5-7-17(18)19)10-20-16-8-9-16/h5-7,13-14,16,20H,8-12H2,1-4H3. The van der Waals surface area contributed by atoms with Crippen molar-refractivity contribution in [1.82, 2.24) is 5.32 Å². The molecule has 3 heteroatoms. The van der Waals surface area contributed by atoms with Gasteiger partial charge in [0.15, 0.2) is 0 Å². The van der Waals surface area contributed by atoms with Crippen LogP contribution in [0.1, 0.15) is 46.1 Å². The fourth-order valence-electron chi connectivity index (χ4n) is 2.74. The van der Waals surface area contributed by atoms with E-state index in [0.29, 0.717) is 11.8 Å². The molecule has 0 unspecified atom stereocenters. The molecule has 0 atom stereocenters. The van der Waals surface area contributed by atoms with E-state index in [-0.39, 0.29) is 0 Å². The van der Waals surface area contributed by atoms with Crippen LogP contribution in [-0.2, 0) is 6.54 Å². The van der Waals surface area contributed by atoms with E-state index in [4.69, 9.17) is 11.6 Å². The molecule has 0 bridgehead atoms. The van der Waals surface area contributed by atoms with E-state index < -0.39 is 0 Å². The SMILES string of the molecule is CC(C)CN(CC(C)C)c1c(Cl)cccc1CNC1CC1. The summed E-state index contributed by atoms with van der Waals surface area (Å²) in [7, 11) is 0. The largest absolute Gasteiger partial charge is 0.370 e. The van der Waals surface area contributed by atoms with Gasteiger partial charge in [-0.2, -0.15) is 0 Å². The zero-order valence-corrected chi connectivity index (χ0v) is 14.6. The molecule has 1 aromatic rings. The summed E-state index contributed by atoms with van der Waals surface area (Å²) in [6.07, 6.45) is 2.63. The Morgan fingerprint density at radius 1 is 1.14 bits per heavy atom. The lowest BCUT2D eigenvalue weighted by Gasteiger charge is -2.31. The molecule has 2 rings (SSSR count). The van der Waals surface area contributed by atoms with Crippen LogP contribution in [0.3, 0.4) is 0 Å². The van der Waals surface area contributed by atoms with Crippen LogP contribution in [0.4, 0.5) is 5.69 Å². The van der Waals surface area contributed by atoms with Gasteiger partial charge in [0.1, 0.15) is 0 Å². The molecule has 1 N–H and O–H groups in total. The third-order valence-electron chi connectivity index (χ3n) is 3.72. The summed E-state index contributed by atoms with van der Waals surface area (Å²) < 4.78 is 0. The van der Waals surface area contributed by atoms with E-state index in [1.165, 1.54) is 24.1 Å². The van der Waals surface area contributed by atoms with Gasteiger partial charge in [-0.25, -0.2) is 0 Å². The molecule has 1 aliphatic rings. The fraction of sp³-hybridized carbons (Fsp3) is 0.667. The Balaban J connectivity index is 2.22. The smallest absolute Gasteiger partial charge is 0.0642 e. The highest BCUT2D eigenvalue weighted by atomic mass is 35.5. The maximum absolute atomic E-state index is 6.55. The van der Waals surface area contributed by atoms with Crippen molar-refractivity contribution in [2.24, 2.45) is 11.8 Å². The Kier molecular flexibility index (Phi) is 5.95. The van der Waals surface area contributed by atoms with Crippen molar-refractivity contribution in [3.8, 4) is 0 Å². The Labute approximate surface area is 134 Å². The lowest BCUT2D eigenvalue weighted by atomic mass is 10.1. The van der Waals surface area contributed by atoms with Gasteiger partial charge in [-0.15, -0.1) is 0 Å². The van der Waals surface area contributed by atoms with Crippen molar-refractivity contribution in [2.45, 2.75) is 53.1 Å². The van der Waals surface area contributed by atoms with Gasteiger partial charge in [-0.3, -0.25) is 0 Å². The van der Waals surface area contributed by atoms with Gasteiger partial charge in [-0.05, 0) is 36.3 Å². The van der Waals surface area contributed by atoms with E-state index in [0.717, 1.165) is 30.7 Å². The molecular formula is C18H29ClN2. The maximum Gasteiger partial charge on any atom is 0.0642 e. The maximum atomic E-state index is 6.55. The lowest BCUT2D eigenvalue weighted by molar-refractivity contribution is 0.550. The van der Waals surface area contributed by atoms with Crippen LogP contribution < -0.4 is 10.2 Å². The van der Waals surface area contributed by atoms with E-state index in [9.17, 15) is 0 Å². The molecule has 0 aliphatic heterocycles. The molecule has 0 spiro atoms. The predicted molar refractivity (Wildman–Crippen MR) is 93.2 cm³/mol. The molecule has 2 nitrogen and oxygen atoms in total. The third kappa shape index (κ3) is 5.19. The van der Waals surface area contributed by atoms with Crippen LogP contribution in [0.5, 0.6) is 0 Å². The number of halogens is 1. The molecule has 0 amide bonds.